The first-order chi connectivity index (χ1) is 16.8. The molecule has 3 amide bonds. The number of para-hydroxylation sites is 2. The van der Waals surface area contributed by atoms with Gasteiger partial charge in [0.2, 0.25) is 0 Å². The van der Waals surface area contributed by atoms with Gasteiger partial charge in [0.1, 0.15) is 5.56 Å². The van der Waals surface area contributed by atoms with Gasteiger partial charge < -0.3 is 15.2 Å². The molecule has 0 fully saturated rings. The monoisotopic (exact) mass is 472 g/mol. The number of imide groups is 1. The van der Waals surface area contributed by atoms with Crippen molar-refractivity contribution in [2.75, 3.05) is 17.3 Å². The van der Waals surface area contributed by atoms with Gasteiger partial charge in [-0.2, -0.15) is 0 Å². The zero-order chi connectivity index (χ0) is 25.3. The van der Waals surface area contributed by atoms with Gasteiger partial charge in [0.05, 0.1) is 29.6 Å². The lowest BCUT2D eigenvalue weighted by Crippen LogP contribution is -2.31. The molecule has 0 unspecified atom stereocenters. The maximum Gasteiger partial charge on any atom is 0.341 e. The van der Waals surface area contributed by atoms with Crippen LogP contribution in [0, 0.1) is 0 Å². The molecule has 0 saturated carbocycles. The third-order valence-electron chi connectivity index (χ3n) is 6.03. The molecule has 4 rings (SSSR count). The van der Waals surface area contributed by atoms with Crippen LogP contribution in [-0.4, -0.2) is 35.9 Å². The van der Waals surface area contributed by atoms with Crippen molar-refractivity contribution >= 4 is 35.1 Å². The Morgan fingerprint density at radius 1 is 0.914 bits per heavy atom. The number of rotatable bonds is 6. The van der Waals surface area contributed by atoms with Gasteiger partial charge in [-0.1, -0.05) is 38.1 Å². The third kappa shape index (κ3) is 4.03. The van der Waals surface area contributed by atoms with E-state index in [0.29, 0.717) is 18.5 Å². The fourth-order valence-electron chi connectivity index (χ4n) is 4.20. The molecule has 0 spiro atoms. The first-order valence-corrected chi connectivity index (χ1v) is 11.2. The third-order valence-corrected chi connectivity index (χ3v) is 6.03. The second kappa shape index (κ2) is 9.42. The minimum Gasteiger partial charge on any atom is -0.505 e. The fourth-order valence-corrected chi connectivity index (χ4v) is 4.20. The molecule has 35 heavy (non-hydrogen) atoms. The summed E-state index contributed by atoms with van der Waals surface area (Å²) in [5.41, 5.74) is 2.74. The molecule has 0 saturated heterocycles. The van der Waals surface area contributed by atoms with Gasteiger partial charge in [0.15, 0.2) is 5.75 Å². The van der Waals surface area contributed by atoms with Crippen LogP contribution in [0.1, 0.15) is 66.4 Å². The topological polar surface area (TPSA) is 113 Å². The highest BCUT2D eigenvalue weighted by molar-refractivity contribution is 6.35. The Kier molecular flexibility index (Phi) is 6.38. The lowest BCUT2D eigenvalue weighted by molar-refractivity contribution is 0.0597. The number of carbonyl (C=O) groups excluding carboxylic acids is 4. The predicted octanol–water partition coefficient (Wildman–Crippen LogP) is 4.36. The maximum atomic E-state index is 13.4. The van der Waals surface area contributed by atoms with Crippen molar-refractivity contribution in [3.05, 3.63) is 88.0 Å². The van der Waals surface area contributed by atoms with Crippen LogP contribution in [0.25, 0.3) is 0 Å². The molecule has 0 radical (unpaired) electrons. The number of aryl methyl sites for hydroxylation is 2. The number of nitrogens with zero attached hydrogens (tertiary/aromatic N) is 1. The van der Waals surface area contributed by atoms with E-state index in [2.05, 4.69) is 10.1 Å². The first-order valence-electron chi connectivity index (χ1n) is 11.2. The number of hydrogen-bond donors (Lipinski definition) is 2. The van der Waals surface area contributed by atoms with Gasteiger partial charge in [-0.15, -0.1) is 0 Å². The zero-order valence-electron chi connectivity index (χ0n) is 19.5. The molecule has 8 nitrogen and oxygen atoms in total. The minimum absolute atomic E-state index is 0.00638. The van der Waals surface area contributed by atoms with Gasteiger partial charge in [-0.05, 0) is 54.3 Å². The molecule has 0 aliphatic carbocycles. The van der Waals surface area contributed by atoms with Crippen LogP contribution >= 0.6 is 0 Å². The summed E-state index contributed by atoms with van der Waals surface area (Å²) in [6.07, 6.45) is 1.30. The predicted molar refractivity (Wildman–Crippen MR) is 130 cm³/mol. The number of amides is 3. The highest BCUT2D eigenvalue weighted by atomic mass is 16.5. The molecule has 178 valence electrons. The van der Waals surface area contributed by atoms with Crippen LogP contribution in [-0.2, 0) is 17.6 Å². The van der Waals surface area contributed by atoms with E-state index in [9.17, 15) is 24.3 Å². The summed E-state index contributed by atoms with van der Waals surface area (Å²) in [6.45, 7) is 3.92. The Morgan fingerprint density at radius 2 is 1.54 bits per heavy atom. The second-order valence-electron chi connectivity index (χ2n) is 7.99. The number of methoxy groups -OCH3 is 1. The van der Waals surface area contributed by atoms with Crippen molar-refractivity contribution in [3.8, 4) is 5.75 Å². The Bertz CT molecular complexity index is 1360. The molecule has 3 aromatic carbocycles. The summed E-state index contributed by atoms with van der Waals surface area (Å²) in [4.78, 5) is 52.5. The van der Waals surface area contributed by atoms with Gasteiger partial charge in [0.25, 0.3) is 17.7 Å². The highest BCUT2D eigenvalue weighted by Gasteiger charge is 2.39. The van der Waals surface area contributed by atoms with Gasteiger partial charge in [0, 0.05) is 5.56 Å². The standard InChI is InChI=1S/C27H24N2O6/c1-4-15-8-6-9-16(5-2)22(15)29-25(32)18-13-12-17(14-20(18)26(29)33)24(31)28-21-11-7-10-19(23(21)30)27(34)35-3/h6-14,30H,4-5H2,1-3H3,(H,28,31). The number of carbonyl (C=O) groups is 4. The number of phenols is 1. The average Bonchev–Trinajstić information content (AvgIpc) is 3.12. The van der Waals surface area contributed by atoms with E-state index in [4.69, 9.17) is 0 Å². The molecule has 8 heteroatoms. The Morgan fingerprint density at radius 3 is 2.17 bits per heavy atom. The lowest BCUT2D eigenvalue weighted by atomic mass is 10.0. The summed E-state index contributed by atoms with van der Waals surface area (Å²) in [5, 5.41) is 12.9. The Hall–Kier alpha value is -4.46. The maximum absolute atomic E-state index is 13.4. The molecule has 1 aliphatic rings. The summed E-state index contributed by atoms with van der Waals surface area (Å²) >= 11 is 0. The van der Waals surface area contributed by atoms with Crippen LogP contribution in [0.4, 0.5) is 11.4 Å². The minimum atomic E-state index is -0.751. The van der Waals surface area contributed by atoms with Crippen LogP contribution in [0.15, 0.2) is 54.6 Å². The molecule has 1 heterocycles. The van der Waals surface area contributed by atoms with E-state index in [-0.39, 0.29) is 27.9 Å². The summed E-state index contributed by atoms with van der Waals surface area (Å²) in [6, 6.07) is 14.2. The molecule has 0 bridgehead atoms. The summed E-state index contributed by atoms with van der Waals surface area (Å²) in [7, 11) is 1.18. The SMILES string of the molecule is CCc1cccc(CC)c1N1C(=O)c2ccc(C(=O)Nc3cccc(C(=O)OC)c3O)cc2C1=O. The molecule has 2 N–H and O–H groups in total. The number of anilines is 2. The number of benzene rings is 3. The Balaban J connectivity index is 1.67. The van der Waals surface area contributed by atoms with E-state index in [1.54, 1.807) is 0 Å². The van der Waals surface area contributed by atoms with Gasteiger partial charge in [-0.3, -0.25) is 14.4 Å². The molecule has 3 aromatic rings. The average molecular weight is 472 g/mol. The summed E-state index contributed by atoms with van der Waals surface area (Å²) in [5.74, 6) is -2.73. The van der Waals surface area contributed by atoms with E-state index in [1.807, 2.05) is 32.0 Å². The van der Waals surface area contributed by atoms with Crippen molar-refractivity contribution in [1.82, 2.24) is 0 Å². The van der Waals surface area contributed by atoms with E-state index in [0.717, 1.165) is 11.1 Å². The van der Waals surface area contributed by atoms with E-state index in [1.165, 1.54) is 48.4 Å². The fraction of sp³-hybridized carbons (Fsp3) is 0.185. The Labute approximate surface area is 202 Å². The molecular weight excluding hydrogens is 448 g/mol. The number of hydrogen-bond acceptors (Lipinski definition) is 6. The van der Waals surface area contributed by atoms with Crippen molar-refractivity contribution in [2.45, 2.75) is 26.7 Å². The molecule has 1 aliphatic heterocycles. The smallest absolute Gasteiger partial charge is 0.341 e. The molecule has 0 atom stereocenters. The quantitative estimate of drug-likeness (QED) is 0.313. The van der Waals surface area contributed by atoms with Crippen molar-refractivity contribution in [1.29, 1.82) is 0 Å². The largest absolute Gasteiger partial charge is 0.505 e. The first kappa shape index (κ1) is 23.7. The van der Waals surface area contributed by atoms with Crippen molar-refractivity contribution < 1.29 is 29.0 Å². The lowest BCUT2D eigenvalue weighted by Gasteiger charge is -2.21. The summed E-state index contributed by atoms with van der Waals surface area (Å²) < 4.78 is 4.63. The van der Waals surface area contributed by atoms with Gasteiger partial charge in [-0.25, -0.2) is 9.69 Å². The van der Waals surface area contributed by atoms with Gasteiger partial charge >= 0.3 is 5.97 Å². The van der Waals surface area contributed by atoms with Crippen LogP contribution in [0.2, 0.25) is 0 Å². The number of phenolic OH excluding ortho intramolecular Hbond substituents is 1. The number of aromatic hydroxyl groups is 1. The zero-order valence-corrected chi connectivity index (χ0v) is 19.5. The number of ether oxygens (including phenoxy) is 1. The number of fused-ring (bicyclic) bond motifs is 1. The number of esters is 1. The van der Waals surface area contributed by atoms with Crippen molar-refractivity contribution in [3.63, 3.8) is 0 Å². The molecule has 0 aromatic heterocycles. The van der Waals surface area contributed by atoms with Crippen LogP contribution in [0.5, 0.6) is 5.75 Å². The van der Waals surface area contributed by atoms with E-state index < -0.39 is 29.4 Å². The second-order valence-corrected chi connectivity index (χ2v) is 7.99. The van der Waals surface area contributed by atoms with E-state index >= 15 is 0 Å². The number of nitrogens with one attached hydrogen (secondary N) is 1. The van der Waals surface area contributed by atoms with Crippen molar-refractivity contribution in [2.24, 2.45) is 0 Å². The molecular formula is C27H24N2O6. The normalized spacial score (nSPS) is 12.5. The van der Waals surface area contributed by atoms with Crippen LogP contribution in [0.3, 0.4) is 0 Å². The highest BCUT2D eigenvalue weighted by Crippen LogP contribution is 2.35. The van der Waals surface area contributed by atoms with Crippen LogP contribution < -0.4 is 10.2 Å².